The molecule has 2 amide bonds. The molecule has 1 heterocycles. The Labute approximate surface area is 159 Å². The number of carbonyl (C=O) groups is 2. The minimum absolute atomic E-state index is 0.0519. The molecular formula is C18H26N2O6Si. The average Bonchev–Trinajstić information content (AvgIpc) is 2.67. The molecule has 1 aromatic carbocycles. The fraction of sp³-hybridized carbons (Fsp3) is 0.556. The van der Waals surface area contributed by atoms with Gasteiger partial charge in [0.15, 0.2) is 14.4 Å². The molecule has 9 heteroatoms. The Morgan fingerprint density at radius 3 is 2.15 bits per heavy atom. The van der Waals surface area contributed by atoms with Crippen molar-refractivity contribution in [3.8, 4) is 0 Å². The molecule has 8 nitrogen and oxygen atoms in total. The molecule has 148 valence electrons. The largest absolute Gasteiger partial charge is 0.449 e. The number of nitro benzene ring substituents is 1. The number of ether oxygens (including phenoxy) is 1. The average molecular weight is 395 g/mol. The molecule has 2 atom stereocenters. The number of nitrogens with zero attached hydrogens (tertiary/aromatic N) is 2. The van der Waals surface area contributed by atoms with Crippen LogP contribution in [-0.2, 0) is 14.0 Å². The Morgan fingerprint density at radius 1 is 1.15 bits per heavy atom. The van der Waals surface area contributed by atoms with Crippen LogP contribution in [0.4, 0.5) is 10.5 Å². The Hall–Kier alpha value is -2.26. The van der Waals surface area contributed by atoms with Crippen molar-refractivity contribution in [2.75, 3.05) is 6.61 Å². The van der Waals surface area contributed by atoms with Gasteiger partial charge in [0.05, 0.1) is 11.5 Å². The summed E-state index contributed by atoms with van der Waals surface area (Å²) in [5, 5.41) is 10.9. The van der Waals surface area contributed by atoms with Gasteiger partial charge in [0, 0.05) is 12.1 Å². The van der Waals surface area contributed by atoms with Gasteiger partial charge in [-0.1, -0.05) is 32.9 Å². The van der Waals surface area contributed by atoms with Gasteiger partial charge < -0.3 is 9.16 Å². The van der Waals surface area contributed by atoms with Crippen molar-refractivity contribution in [3.63, 3.8) is 0 Å². The number of likely N-dealkylation sites (tertiary alicyclic amines) is 1. The highest BCUT2D eigenvalue weighted by molar-refractivity contribution is 6.73. The lowest BCUT2D eigenvalue weighted by atomic mass is 9.91. The minimum Gasteiger partial charge on any atom is -0.449 e. The van der Waals surface area contributed by atoms with E-state index in [-0.39, 0.29) is 12.3 Å². The topological polar surface area (TPSA) is 99.0 Å². The molecule has 1 aliphatic rings. The lowest BCUT2D eigenvalue weighted by molar-refractivity contribution is -0.384. The number of β-lactam (4-membered cyclic amide) rings is 1. The second kappa shape index (κ2) is 8.62. The van der Waals surface area contributed by atoms with E-state index in [9.17, 15) is 19.7 Å². The number of amides is 2. The van der Waals surface area contributed by atoms with E-state index in [0.29, 0.717) is 5.56 Å². The van der Waals surface area contributed by atoms with Crippen LogP contribution in [0.3, 0.4) is 0 Å². The predicted molar refractivity (Wildman–Crippen MR) is 102 cm³/mol. The van der Waals surface area contributed by atoms with Crippen LogP contribution in [0.15, 0.2) is 24.3 Å². The van der Waals surface area contributed by atoms with Crippen LogP contribution in [0, 0.1) is 10.1 Å². The van der Waals surface area contributed by atoms with Gasteiger partial charge in [-0.05, 0) is 30.6 Å². The molecule has 0 bridgehead atoms. The van der Waals surface area contributed by atoms with Crippen LogP contribution in [0.1, 0.15) is 39.3 Å². The van der Waals surface area contributed by atoms with E-state index >= 15 is 0 Å². The summed E-state index contributed by atoms with van der Waals surface area (Å²) < 4.78 is 11.3. The van der Waals surface area contributed by atoms with Gasteiger partial charge in [-0.3, -0.25) is 14.9 Å². The summed E-state index contributed by atoms with van der Waals surface area (Å²) in [7, 11) is -2.09. The Kier molecular flexibility index (Phi) is 6.72. The number of hydrogen-bond donors (Lipinski definition) is 0. The highest BCUT2D eigenvalue weighted by atomic mass is 28.4. The normalized spacial score (nSPS) is 19.6. The molecule has 0 unspecified atom stereocenters. The van der Waals surface area contributed by atoms with Gasteiger partial charge in [-0.2, -0.15) is 0 Å². The third-order valence-electron chi connectivity index (χ3n) is 5.27. The molecule has 1 fully saturated rings. The summed E-state index contributed by atoms with van der Waals surface area (Å²) in [6, 6.07) is 7.83. The maximum atomic E-state index is 12.7. The number of benzene rings is 1. The van der Waals surface area contributed by atoms with E-state index in [0.717, 1.165) is 23.0 Å². The first-order valence-corrected chi connectivity index (χ1v) is 11.8. The Morgan fingerprint density at radius 2 is 1.70 bits per heavy atom. The van der Waals surface area contributed by atoms with Crippen molar-refractivity contribution in [3.05, 3.63) is 39.9 Å². The van der Waals surface area contributed by atoms with Crippen molar-refractivity contribution >= 4 is 26.0 Å². The fourth-order valence-corrected chi connectivity index (χ4v) is 6.13. The SMILES string of the molecule is CCOC(=O)N1C(=O)[C@H](O[Si](CC)(CC)CC)[C@@H]1c1ccc([N+](=O)[O-])cc1. The molecule has 0 N–H and O–H groups in total. The molecule has 1 aromatic rings. The molecule has 0 spiro atoms. The number of imide groups is 1. The second-order valence-electron chi connectivity index (χ2n) is 6.48. The highest BCUT2D eigenvalue weighted by Gasteiger charge is 2.55. The zero-order valence-corrected chi connectivity index (χ0v) is 17.1. The van der Waals surface area contributed by atoms with E-state index < -0.39 is 37.4 Å². The highest BCUT2D eigenvalue weighted by Crippen LogP contribution is 2.41. The maximum absolute atomic E-state index is 12.7. The van der Waals surface area contributed by atoms with E-state index in [1.54, 1.807) is 19.1 Å². The summed E-state index contributed by atoms with van der Waals surface area (Å²) in [6.07, 6.45) is -1.48. The smallest absolute Gasteiger partial charge is 0.417 e. The first-order chi connectivity index (χ1) is 12.8. The minimum atomic E-state index is -2.09. The summed E-state index contributed by atoms with van der Waals surface area (Å²) in [6.45, 7) is 8.00. The zero-order valence-electron chi connectivity index (χ0n) is 16.1. The summed E-state index contributed by atoms with van der Waals surface area (Å²) in [5.41, 5.74) is 0.563. The van der Waals surface area contributed by atoms with Crippen molar-refractivity contribution in [1.82, 2.24) is 4.90 Å². The number of rotatable bonds is 8. The first-order valence-electron chi connectivity index (χ1n) is 9.26. The lowest BCUT2D eigenvalue weighted by Gasteiger charge is -2.48. The van der Waals surface area contributed by atoms with Crippen molar-refractivity contribution < 1.29 is 23.7 Å². The van der Waals surface area contributed by atoms with E-state index in [1.807, 2.05) is 0 Å². The summed E-state index contributed by atoms with van der Waals surface area (Å²) in [5.74, 6) is -0.413. The number of nitro groups is 1. The van der Waals surface area contributed by atoms with Gasteiger partial charge in [-0.25, -0.2) is 9.69 Å². The summed E-state index contributed by atoms with van der Waals surface area (Å²) >= 11 is 0. The third kappa shape index (κ3) is 4.03. The second-order valence-corrected chi connectivity index (χ2v) is 11.2. The molecule has 0 saturated carbocycles. The summed E-state index contributed by atoms with van der Waals surface area (Å²) in [4.78, 5) is 36.4. The van der Waals surface area contributed by atoms with Crippen molar-refractivity contribution in [2.24, 2.45) is 0 Å². The Balaban J connectivity index is 2.36. The van der Waals surface area contributed by atoms with Crippen LogP contribution in [0.5, 0.6) is 0 Å². The maximum Gasteiger partial charge on any atom is 0.417 e. The van der Waals surface area contributed by atoms with Gasteiger partial charge in [0.2, 0.25) is 0 Å². The van der Waals surface area contributed by atoms with Crippen molar-refractivity contribution in [2.45, 2.75) is 58.0 Å². The van der Waals surface area contributed by atoms with E-state index in [1.165, 1.54) is 12.1 Å². The number of non-ortho nitro benzene ring substituents is 1. The molecular weight excluding hydrogens is 368 g/mol. The first kappa shape index (κ1) is 21.0. The molecule has 0 radical (unpaired) electrons. The molecule has 27 heavy (non-hydrogen) atoms. The van der Waals surface area contributed by atoms with Gasteiger partial charge in [0.1, 0.15) is 6.04 Å². The van der Waals surface area contributed by atoms with Crippen LogP contribution < -0.4 is 0 Å². The van der Waals surface area contributed by atoms with Gasteiger partial charge in [0.25, 0.3) is 11.6 Å². The molecule has 0 aromatic heterocycles. The zero-order chi connectivity index (χ0) is 20.2. The fourth-order valence-electron chi connectivity index (χ4n) is 3.36. The number of carbonyl (C=O) groups excluding carboxylic acids is 2. The van der Waals surface area contributed by atoms with Crippen LogP contribution in [0.2, 0.25) is 18.1 Å². The number of hydrogen-bond acceptors (Lipinski definition) is 6. The molecule has 1 saturated heterocycles. The van der Waals surface area contributed by atoms with Crippen LogP contribution in [0.25, 0.3) is 0 Å². The van der Waals surface area contributed by atoms with Crippen molar-refractivity contribution in [1.29, 1.82) is 0 Å². The Bertz CT molecular complexity index is 696. The van der Waals surface area contributed by atoms with Crippen LogP contribution in [-0.4, -0.2) is 42.9 Å². The monoisotopic (exact) mass is 394 g/mol. The molecule has 2 rings (SSSR count). The molecule has 1 aliphatic heterocycles. The third-order valence-corrected chi connectivity index (χ3v) is 9.89. The quantitative estimate of drug-likeness (QED) is 0.286. The molecule has 0 aliphatic carbocycles. The van der Waals surface area contributed by atoms with Crippen LogP contribution >= 0.6 is 0 Å². The van der Waals surface area contributed by atoms with Gasteiger partial charge >= 0.3 is 6.09 Å². The lowest BCUT2D eigenvalue weighted by Crippen LogP contribution is -2.64. The predicted octanol–water partition coefficient (Wildman–Crippen LogP) is 4.03. The van der Waals surface area contributed by atoms with E-state index in [4.69, 9.17) is 9.16 Å². The van der Waals surface area contributed by atoms with Gasteiger partial charge in [-0.15, -0.1) is 0 Å². The standard InChI is InChI=1S/C18H26N2O6Si/c1-5-25-18(22)19-15(13-9-11-14(12-10-13)20(23)24)16(17(19)21)26-27(6-2,7-3)8-4/h9-12,15-16H,5-8H2,1-4H3/t15-,16+/m0/s1. The van der Waals surface area contributed by atoms with E-state index in [2.05, 4.69) is 20.8 Å².